The van der Waals surface area contributed by atoms with E-state index >= 15 is 0 Å². The standard InChI is InChI=1S/C9H15ClS/c10-7-3-4-8-11-9-5-1-2-6-9/h3-4,9H,1-2,5-8H2. The molecule has 1 fully saturated rings. The SMILES string of the molecule is ClCC=CCSC1CCCC1. The van der Waals surface area contributed by atoms with Crippen molar-refractivity contribution < 1.29 is 0 Å². The van der Waals surface area contributed by atoms with Crippen molar-refractivity contribution in [3.05, 3.63) is 12.2 Å². The molecule has 0 atom stereocenters. The Bertz CT molecular complexity index is 117. The minimum absolute atomic E-state index is 0.658. The molecule has 1 aliphatic rings. The third kappa shape index (κ3) is 4.07. The first-order chi connectivity index (χ1) is 5.43. The van der Waals surface area contributed by atoms with Gasteiger partial charge < -0.3 is 0 Å². The summed E-state index contributed by atoms with van der Waals surface area (Å²) in [6, 6.07) is 0. The van der Waals surface area contributed by atoms with Gasteiger partial charge in [0.25, 0.3) is 0 Å². The van der Waals surface area contributed by atoms with Crippen molar-refractivity contribution in [1.29, 1.82) is 0 Å². The maximum Gasteiger partial charge on any atom is 0.0404 e. The summed E-state index contributed by atoms with van der Waals surface area (Å²) >= 11 is 7.58. The molecule has 0 N–H and O–H groups in total. The Morgan fingerprint density at radius 1 is 1.27 bits per heavy atom. The van der Waals surface area contributed by atoms with Gasteiger partial charge in [-0.3, -0.25) is 0 Å². The van der Waals surface area contributed by atoms with Crippen LogP contribution in [0.15, 0.2) is 12.2 Å². The van der Waals surface area contributed by atoms with Gasteiger partial charge in [0.1, 0.15) is 0 Å². The molecule has 0 radical (unpaired) electrons. The van der Waals surface area contributed by atoms with Crippen LogP contribution in [0.5, 0.6) is 0 Å². The van der Waals surface area contributed by atoms with Crippen molar-refractivity contribution in [3.63, 3.8) is 0 Å². The lowest BCUT2D eigenvalue weighted by atomic mass is 10.4. The minimum Gasteiger partial charge on any atom is -0.154 e. The predicted octanol–water partition coefficient (Wildman–Crippen LogP) is 3.46. The predicted molar refractivity (Wildman–Crippen MR) is 54.6 cm³/mol. The van der Waals surface area contributed by atoms with Crippen molar-refractivity contribution in [2.45, 2.75) is 30.9 Å². The van der Waals surface area contributed by atoms with Crippen LogP contribution in [-0.4, -0.2) is 16.9 Å². The van der Waals surface area contributed by atoms with Crippen molar-refractivity contribution in [3.8, 4) is 0 Å². The van der Waals surface area contributed by atoms with Crippen LogP contribution in [0.4, 0.5) is 0 Å². The molecule has 0 spiro atoms. The number of hydrogen-bond donors (Lipinski definition) is 0. The summed E-state index contributed by atoms with van der Waals surface area (Å²) in [6.07, 6.45) is 9.95. The zero-order valence-electron chi connectivity index (χ0n) is 6.76. The van der Waals surface area contributed by atoms with Crippen LogP contribution in [0.3, 0.4) is 0 Å². The Hall–Kier alpha value is 0.380. The van der Waals surface area contributed by atoms with E-state index < -0.39 is 0 Å². The first kappa shape index (κ1) is 9.47. The average Bonchev–Trinajstić information content (AvgIpc) is 2.50. The average molecular weight is 191 g/mol. The normalized spacial score (nSPS) is 20.1. The van der Waals surface area contributed by atoms with E-state index in [1.165, 1.54) is 25.7 Å². The molecule has 1 rings (SSSR count). The second kappa shape index (κ2) is 5.96. The van der Waals surface area contributed by atoms with Crippen LogP contribution < -0.4 is 0 Å². The topological polar surface area (TPSA) is 0 Å². The largest absolute Gasteiger partial charge is 0.154 e. The van der Waals surface area contributed by atoms with Crippen molar-refractivity contribution >= 4 is 23.4 Å². The summed E-state index contributed by atoms with van der Waals surface area (Å²) in [7, 11) is 0. The fourth-order valence-corrected chi connectivity index (χ4v) is 2.69. The smallest absolute Gasteiger partial charge is 0.0404 e. The Morgan fingerprint density at radius 2 is 2.00 bits per heavy atom. The fraction of sp³-hybridized carbons (Fsp3) is 0.778. The van der Waals surface area contributed by atoms with Gasteiger partial charge >= 0.3 is 0 Å². The lowest BCUT2D eigenvalue weighted by Gasteiger charge is -2.04. The highest BCUT2D eigenvalue weighted by molar-refractivity contribution is 8.00. The Kier molecular flexibility index (Phi) is 5.13. The van der Waals surface area contributed by atoms with Gasteiger partial charge in [-0.15, -0.1) is 11.6 Å². The fourth-order valence-electron chi connectivity index (χ4n) is 1.38. The van der Waals surface area contributed by atoms with Gasteiger partial charge in [0.2, 0.25) is 0 Å². The van der Waals surface area contributed by atoms with Gasteiger partial charge in [0, 0.05) is 16.9 Å². The van der Waals surface area contributed by atoms with Crippen molar-refractivity contribution in [1.82, 2.24) is 0 Å². The molecule has 0 aromatic heterocycles. The molecule has 11 heavy (non-hydrogen) atoms. The molecule has 0 aliphatic heterocycles. The molecule has 0 saturated heterocycles. The third-order valence-corrected chi connectivity index (χ3v) is 3.49. The van der Waals surface area contributed by atoms with E-state index in [1.54, 1.807) is 0 Å². The van der Waals surface area contributed by atoms with Crippen LogP contribution in [0.1, 0.15) is 25.7 Å². The molecule has 0 aromatic carbocycles. The summed E-state index contributed by atoms with van der Waals surface area (Å²) in [5.74, 6) is 1.81. The molecule has 1 saturated carbocycles. The molecule has 0 heterocycles. The molecule has 0 aromatic rings. The first-order valence-corrected chi connectivity index (χ1v) is 5.84. The van der Waals surface area contributed by atoms with Crippen LogP contribution in [0, 0.1) is 0 Å². The van der Waals surface area contributed by atoms with Gasteiger partial charge in [0.05, 0.1) is 0 Å². The lowest BCUT2D eigenvalue weighted by molar-refractivity contribution is 0.886. The molecule has 64 valence electrons. The van der Waals surface area contributed by atoms with E-state index in [-0.39, 0.29) is 0 Å². The summed E-state index contributed by atoms with van der Waals surface area (Å²) in [5.41, 5.74) is 0. The number of halogens is 1. The molecular weight excluding hydrogens is 176 g/mol. The minimum atomic E-state index is 0.658. The molecule has 0 unspecified atom stereocenters. The van der Waals surface area contributed by atoms with E-state index in [4.69, 9.17) is 11.6 Å². The highest BCUT2D eigenvalue weighted by atomic mass is 35.5. The van der Waals surface area contributed by atoms with Gasteiger partial charge in [0.15, 0.2) is 0 Å². The second-order valence-electron chi connectivity index (χ2n) is 2.87. The van der Waals surface area contributed by atoms with Crippen LogP contribution >= 0.6 is 23.4 Å². The van der Waals surface area contributed by atoms with E-state index in [0.29, 0.717) is 5.88 Å². The third-order valence-electron chi connectivity index (χ3n) is 1.99. The maximum absolute atomic E-state index is 5.50. The molecular formula is C9H15ClS. The van der Waals surface area contributed by atoms with Crippen LogP contribution in [0.2, 0.25) is 0 Å². The number of alkyl halides is 1. The lowest BCUT2D eigenvalue weighted by Crippen LogP contribution is -1.93. The number of thioether (sulfide) groups is 1. The Labute approximate surface area is 78.4 Å². The first-order valence-electron chi connectivity index (χ1n) is 4.26. The van der Waals surface area contributed by atoms with E-state index in [1.807, 2.05) is 6.08 Å². The second-order valence-corrected chi connectivity index (χ2v) is 4.51. The number of allylic oxidation sites excluding steroid dienone is 1. The summed E-state index contributed by atoms with van der Waals surface area (Å²) < 4.78 is 0. The summed E-state index contributed by atoms with van der Waals surface area (Å²) in [5, 5.41) is 0.940. The van der Waals surface area contributed by atoms with E-state index in [0.717, 1.165) is 11.0 Å². The molecule has 1 aliphatic carbocycles. The zero-order chi connectivity index (χ0) is 7.94. The zero-order valence-corrected chi connectivity index (χ0v) is 8.33. The Balaban J connectivity index is 1.97. The monoisotopic (exact) mass is 190 g/mol. The van der Waals surface area contributed by atoms with Crippen molar-refractivity contribution in [2.75, 3.05) is 11.6 Å². The molecule has 0 nitrogen and oxygen atoms in total. The Morgan fingerprint density at radius 3 is 2.64 bits per heavy atom. The molecule has 2 heteroatoms. The number of rotatable bonds is 4. The summed E-state index contributed by atoms with van der Waals surface area (Å²) in [4.78, 5) is 0. The van der Waals surface area contributed by atoms with Gasteiger partial charge in [-0.25, -0.2) is 0 Å². The van der Waals surface area contributed by atoms with E-state index in [9.17, 15) is 0 Å². The highest BCUT2D eigenvalue weighted by Gasteiger charge is 2.13. The quantitative estimate of drug-likeness (QED) is 0.484. The maximum atomic E-state index is 5.50. The highest BCUT2D eigenvalue weighted by Crippen LogP contribution is 2.29. The van der Waals surface area contributed by atoms with E-state index in [2.05, 4.69) is 17.8 Å². The van der Waals surface area contributed by atoms with Gasteiger partial charge in [-0.2, -0.15) is 11.8 Å². The van der Waals surface area contributed by atoms with Crippen LogP contribution in [-0.2, 0) is 0 Å². The van der Waals surface area contributed by atoms with Gasteiger partial charge in [-0.05, 0) is 12.8 Å². The molecule has 0 bridgehead atoms. The van der Waals surface area contributed by atoms with Crippen LogP contribution in [0.25, 0.3) is 0 Å². The molecule has 0 amide bonds. The summed E-state index contributed by atoms with van der Waals surface area (Å²) in [6.45, 7) is 0. The number of hydrogen-bond acceptors (Lipinski definition) is 1. The van der Waals surface area contributed by atoms with Gasteiger partial charge in [-0.1, -0.05) is 25.0 Å². The van der Waals surface area contributed by atoms with Crippen molar-refractivity contribution in [2.24, 2.45) is 0 Å².